The Bertz CT molecular complexity index is 659. The zero-order valence-corrected chi connectivity index (χ0v) is 12.3. The van der Waals surface area contributed by atoms with Gasteiger partial charge in [0, 0.05) is 6.54 Å². The second kappa shape index (κ2) is 8.22. The lowest BCUT2D eigenvalue weighted by molar-refractivity contribution is 0.0948. The lowest BCUT2D eigenvalue weighted by Crippen LogP contribution is -2.25. The molecule has 0 saturated heterocycles. The van der Waals surface area contributed by atoms with Gasteiger partial charge < -0.3 is 10.1 Å². The number of nitrogens with one attached hydrogen (secondary N) is 1. The lowest BCUT2D eigenvalue weighted by atomic mass is 10.2. The zero-order valence-electron chi connectivity index (χ0n) is 12.3. The summed E-state index contributed by atoms with van der Waals surface area (Å²) in [6.45, 7) is 0.734. The molecule has 1 N–H and O–H groups in total. The standard InChI is InChI=1S/C17H16F3NO2/c18-12-3-6-14(7-4-12)23-10-2-1-9-21-17(22)15-11-13(19)5-8-16(15)20/h3-8,11H,1-2,9-10H2,(H,21,22). The number of halogens is 3. The first kappa shape index (κ1) is 16.9. The van der Waals surface area contributed by atoms with Crippen molar-refractivity contribution in [2.75, 3.05) is 13.2 Å². The van der Waals surface area contributed by atoms with E-state index in [1.807, 2.05) is 0 Å². The third kappa shape index (κ3) is 5.32. The Hall–Kier alpha value is -2.50. The highest BCUT2D eigenvalue weighted by Crippen LogP contribution is 2.12. The predicted octanol–water partition coefficient (Wildman–Crippen LogP) is 3.69. The maximum atomic E-state index is 13.4. The van der Waals surface area contributed by atoms with Crippen molar-refractivity contribution in [3.8, 4) is 5.75 Å². The Balaban J connectivity index is 1.66. The number of ether oxygens (including phenoxy) is 1. The molecule has 0 heterocycles. The molecule has 0 aliphatic heterocycles. The molecule has 0 saturated carbocycles. The van der Waals surface area contributed by atoms with E-state index in [0.717, 1.165) is 18.2 Å². The summed E-state index contributed by atoms with van der Waals surface area (Å²) in [5, 5.41) is 2.52. The van der Waals surface area contributed by atoms with Crippen LogP contribution in [-0.4, -0.2) is 19.1 Å². The van der Waals surface area contributed by atoms with E-state index in [1.54, 1.807) is 0 Å². The minimum absolute atomic E-state index is 0.312. The molecule has 2 aromatic rings. The fourth-order valence-electron chi connectivity index (χ4n) is 1.92. The Kier molecular flexibility index (Phi) is 6.02. The van der Waals surface area contributed by atoms with Gasteiger partial charge in [0.15, 0.2) is 0 Å². The number of benzene rings is 2. The molecule has 0 aliphatic carbocycles. The summed E-state index contributed by atoms with van der Waals surface area (Å²) in [4.78, 5) is 11.7. The third-order valence-corrected chi connectivity index (χ3v) is 3.11. The molecule has 0 atom stereocenters. The van der Waals surface area contributed by atoms with Gasteiger partial charge in [-0.15, -0.1) is 0 Å². The number of unbranched alkanes of at least 4 members (excludes halogenated alkanes) is 1. The predicted molar refractivity (Wildman–Crippen MR) is 79.8 cm³/mol. The fraction of sp³-hybridized carbons (Fsp3) is 0.235. The molecular formula is C17H16F3NO2. The highest BCUT2D eigenvalue weighted by atomic mass is 19.1. The van der Waals surface area contributed by atoms with E-state index in [-0.39, 0.29) is 11.4 Å². The van der Waals surface area contributed by atoms with Gasteiger partial charge in [-0.3, -0.25) is 4.79 Å². The first-order chi connectivity index (χ1) is 11.1. The van der Waals surface area contributed by atoms with Crippen LogP contribution in [0.25, 0.3) is 0 Å². The molecular weight excluding hydrogens is 307 g/mol. The average Bonchev–Trinajstić information content (AvgIpc) is 2.54. The Morgan fingerprint density at radius 1 is 0.957 bits per heavy atom. The maximum Gasteiger partial charge on any atom is 0.254 e. The molecule has 2 rings (SSSR count). The Labute approximate surface area is 132 Å². The van der Waals surface area contributed by atoms with E-state index in [9.17, 15) is 18.0 Å². The summed E-state index contributed by atoms with van der Waals surface area (Å²) in [6.07, 6.45) is 1.27. The molecule has 23 heavy (non-hydrogen) atoms. The van der Waals surface area contributed by atoms with Gasteiger partial charge in [0.25, 0.3) is 5.91 Å². The molecule has 0 radical (unpaired) electrons. The minimum atomic E-state index is -0.761. The van der Waals surface area contributed by atoms with Crippen molar-refractivity contribution in [2.45, 2.75) is 12.8 Å². The molecule has 0 spiro atoms. The number of carbonyl (C=O) groups excluding carboxylic acids is 1. The molecule has 0 unspecified atom stereocenters. The van der Waals surface area contributed by atoms with Crippen LogP contribution in [0.3, 0.4) is 0 Å². The first-order valence-corrected chi connectivity index (χ1v) is 7.18. The quantitative estimate of drug-likeness (QED) is 0.789. The van der Waals surface area contributed by atoms with Gasteiger partial charge in [-0.05, 0) is 55.3 Å². The largest absolute Gasteiger partial charge is 0.494 e. The van der Waals surface area contributed by atoms with Crippen molar-refractivity contribution in [1.29, 1.82) is 0 Å². The summed E-state index contributed by atoms with van der Waals surface area (Å²) < 4.78 is 44.5. The van der Waals surface area contributed by atoms with Crippen molar-refractivity contribution < 1.29 is 22.7 Å². The van der Waals surface area contributed by atoms with Gasteiger partial charge in [-0.1, -0.05) is 0 Å². The van der Waals surface area contributed by atoms with Gasteiger partial charge in [0.1, 0.15) is 23.2 Å². The second-order valence-electron chi connectivity index (χ2n) is 4.89. The smallest absolute Gasteiger partial charge is 0.254 e. The van der Waals surface area contributed by atoms with Crippen LogP contribution in [0.1, 0.15) is 23.2 Å². The highest BCUT2D eigenvalue weighted by Gasteiger charge is 2.11. The van der Waals surface area contributed by atoms with Crippen LogP contribution in [0.2, 0.25) is 0 Å². The molecule has 6 heteroatoms. The Morgan fingerprint density at radius 2 is 1.65 bits per heavy atom. The van der Waals surface area contributed by atoms with Crippen molar-refractivity contribution >= 4 is 5.91 Å². The number of hydrogen-bond donors (Lipinski definition) is 1. The lowest BCUT2D eigenvalue weighted by Gasteiger charge is -2.08. The van der Waals surface area contributed by atoms with Gasteiger partial charge >= 0.3 is 0 Å². The zero-order chi connectivity index (χ0) is 16.7. The van der Waals surface area contributed by atoms with Gasteiger partial charge in [0.2, 0.25) is 0 Å². The summed E-state index contributed by atoms with van der Waals surface area (Å²) in [6, 6.07) is 8.42. The molecule has 1 amide bonds. The molecule has 0 fully saturated rings. The molecule has 0 aliphatic rings. The number of amides is 1. The van der Waals surface area contributed by atoms with Crippen LogP contribution >= 0.6 is 0 Å². The van der Waals surface area contributed by atoms with Crippen molar-refractivity contribution in [3.63, 3.8) is 0 Å². The average molecular weight is 323 g/mol. The first-order valence-electron chi connectivity index (χ1n) is 7.18. The van der Waals surface area contributed by atoms with Crippen LogP contribution in [-0.2, 0) is 0 Å². The van der Waals surface area contributed by atoms with Crippen LogP contribution in [0, 0.1) is 17.5 Å². The topological polar surface area (TPSA) is 38.3 Å². The van der Waals surface area contributed by atoms with E-state index in [0.29, 0.717) is 31.7 Å². The van der Waals surface area contributed by atoms with Crippen LogP contribution in [0.5, 0.6) is 5.75 Å². The summed E-state index contributed by atoms with van der Waals surface area (Å²) in [7, 11) is 0. The molecule has 0 aromatic heterocycles. The maximum absolute atomic E-state index is 13.4. The van der Waals surface area contributed by atoms with Crippen LogP contribution < -0.4 is 10.1 Å². The van der Waals surface area contributed by atoms with Crippen LogP contribution in [0.15, 0.2) is 42.5 Å². The summed E-state index contributed by atoms with van der Waals surface area (Å²) in [5.74, 6) is -1.84. The number of carbonyl (C=O) groups is 1. The monoisotopic (exact) mass is 323 g/mol. The third-order valence-electron chi connectivity index (χ3n) is 3.11. The van der Waals surface area contributed by atoms with Crippen molar-refractivity contribution in [1.82, 2.24) is 5.32 Å². The normalized spacial score (nSPS) is 10.4. The minimum Gasteiger partial charge on any atom is -0.494 e. The van der Waals surface area contributed by atoms with Gasteiger partial charge in [0.05, 0.1) is 12.2 Å². The van der Waals surface area contributed by atoms with Crippen molar-refractivity contribution in [3.05, 3.63) is 65.5 Å². The molecule has 2 aromatic carbocycles. The summed E-state index contributed by atoms with van der Waals surface area (Å²) >= 11 is 0. The van der Waals surface area contributed by atoms with E-state index in [4.69, 9.17) is 4.74 Å². The SMILES string of the molecule is O=C(NCCCCOc1ccc(F)cc1)c1cc(F)ccc1F. The fourth-order valence-corrected chi connectivity index (χ4v) is 1.92. The van der Waals surface area contributed by atoms with E-state index in [1.165, 1.54) is 24.3 Å². The molecule has 3 nitrogen and oxygen atoms in total. The van der Waals surface area contributed by atoms with Crippen molar-refractivity contribution in [2.24, 2.45) is 0 Å². The van der Waals surface area contributed by atoms with Gasteiger partial charge in [-0.25, -0.2) is 13.2 Å². The van der Waals surface area contributed by atoms with E-state index < -0.39 is 17.5 Å². The van der Waals surface area contributed by atoms with E-state index in [2.05, 4.69) is 5.32 Å². The number of rotatable bonds is 7. The Morgan fingerprint density at radius 3 is 2.39 bits per heavy atom. The number of hydrogen-bond acceptors (Lipinski definition) is 2. The van der Waals surface area contributed by atoms with Gasteiger partial charge in [-0.2, -0.15) is 0 Å². The second-order valence-corrected chi connectivity index (χ2v) is 4.89. The summed E-state index contributed by atoms with van der Waals surface area (Å²) in [5.41, 5.74) is -0.312. The van der Waals surface area contributed by atoms with E-state index >= 15 is 0 Å². The molecule has 0 bridgehead atoms. The highest BCUT2D eigenvalue weighted by molar-refractivity contribution is 5.94. The molecule has 122 valence electrons. The van der Waals surface area contributed by atoms with Crippen LogP contribution in [0.4, 0.5) is 13.2 Å².